The molecule has 94 valence electrons. The summed E-state index contributed by atoms with van der Waals surface area (Å²) in [7, 11) is 0. The summed E-state index contributed by atoms with van der Waals surface area (Å²) in [6.45, 7) is 3.13. The largest absolute Gasteiger partial charge is 0.376 e. The second-order valence-corrected chi connectivity index (χ2v) is 5.14. The van der Waals surface area contributed by atoms with Gasteiger partial charge in [-0.25, -0.2) is 0 Å². The molecule has 0 amide bonds. The van der Waals surface area contributed by atoms with Crippen LogP contribution in [-0.4, -0.2) is 18.8 Å². The Morgan fingerprint density at radius 2 is 2.12 bits per heavy atom. The van der Waals surface area contributed by atoms with Crippen LogP contribution in [0.15, 0.2) is 30.3 Å². The Hall–Kier alpha value is -0.860. The molecule has 0 aromatic heterocycles. The van der Waals surface area contributed by atoms with Crippen molar-refractivity contribution in [2.75, 3.05) is 6.61 Å². The van der Waals surface area contributed by atoms with Gasteiger partial charge in [-0.15, -0.1) is 0 Å². The summed E-state index contributed by atoms with van der Waals surface area (Å²) in [6, 6.07) is 10.8. The third kappa shape index (κ3) is 3.55. The van der Waals surface area contributed by atoms with Gasteiger partial charge >= 0.3 is 0 Å². The van der Waals surface area contributed by atoms with Crippen molar-refractivity contribution in [3.8, 4) is 0 Å². The highest BCUT2D eigenvalue weighted by atomic mass is 16.5. The van der Waals surface area contributed by atoms with Crippen LogP contribution in [-0.2, 0) is 11.2 Å². The van der Waals surface area contributed by atoms with Gasteiger partial charge in [0.05, 0.1) is 6.10 Å². The first kappa shape index (κ1) is 12.6. The van der Waals surface area contributed by atoms with Crippen molar-refractivity contribution in [3.05, 3.63) is 35.9 Å². The van der Waals surface area contributed by atoms with E-state index >= 15 is 0 Å². The number of hydrogen-bond acceptors (Lipinski definition) is 2. The van der Waals surface area contributed by atoms with Crippen LogP contribution < -0.4 is 5.73 Å². The van der Waals surface area contributed by atoms with Crippen LogP contribution in [0.3, 0.4) is 0 Å². The molecule has 3 unspecified atom stereocenters. The molecule has 0 radical (unpaired) electrons. The van der Waals surface area contributed by atoms with Gasteiger partial charge in [-0.1, -0.05) is 37.3 Å². The fourth-order valence-electron chi connectivity index (χ4n) is 2.61. The quantitative estimate of drug-likeness (QED) is 0.848. The molecule has 2 nitrogen and oxygen atoms in total. The zero-order valence-corrected chi connectivity index (χ0v) is 10.6. The monoisotopic (exact) mass is 233 g/mol. The molecule has 1 saturated heterocycles. The maximum Gasteiger partial charge on any atom is 0.0752 e. The summed E-state index contributed by atoms with van der Waals surface area (Å²) in [5, 5.41) is 0. The van der Waals surface area contributed by atoms with Gasteiger partial charge in [0.2, 0.25) is 0 Å². The van der Waals surface area contributed by atoms with Crippen molar-refractivity contribution >= 4 is 0 Å². The average Bonchev–Trinajstić information content (AvgIpc) is 2.77. The Kier molecular flexibility index (Phi) is 4.57. The van der Waals surface area contributed by atoms with E-state index in [1.54, 1.807) is 0 Å². The molecule has 1 aliphatic heterocycles. The molecule has 0 aliphatic carbocycles. The van der Waals surface area contributed by atoms with Crippen LogP contribution in [0, 0.1) is 5.92 Å². The van der Waals surface area contributed by atoms with Gasteiger partial charge < -0.3 is 10.5 Å². The van der Waals surface area contributed by atoms with Gasteiger partial charge in [0.1, 0.15) is 0 Å². The molecule has 1 aromatic rings. The topological polar surface area (TPSA) is 35.2 Å². The highest BCUT2D eigenvalue weighted by molar-refractivity contribution is 5.14. The molecule has 0 saturated carbocycles. The van der Waals surface area contributed by atoms with Crippen LogP contribution in [0.1, 0.15) is 31.7 Å². The summed E-state index contributed by atoms with van der Waals surface area (Å²) in [5.74, 6) is 0.627. The molecule has 2 N–H and O–H groups in total. The summed E-state index contributed by atoms with van der Waals surface area (Å²) in [4.78, 5) is 0. The molecule has 1 fully saturated rings. The van der Waals surface area contributed by atoms with Crippen molar-refractivity contribution in [2.45, 2.75) is 44.8 Å². The Bertz CT molecular complexity index is 325. The first-order chi connectivity index (χ1) is 8.27. The van der Waals surface area contributed by atoms with E-state index < -0.39 is 0 Å². The minimum Gasteiger partial charge on any atom is -0.376 e. The molecule has 0 spiro atoms. The maximum absolute atomic E-state index is 6.21. The van der Waals surface area contributed by atoms with E-state index in [0.29, 0.717) is 5.92 Å². The van der Waals surface area contributed by atoms with E-state index in [0.717, 1.165) is 32.3 Å². The highest BCUT2D eigenvalue weighted by Crippen LogP contribution is 2.24. The van der Waals surface area contributed by atoms with Crippen LogP contribution in [0.5, 0.6) is 0 Å². The minimum atomic E-state index is 0.205. The molecular weight excluding hydrogens is 210 g/mol. The van der Waals surface area contributed by atoms with E-state index in [4.69, 9.17) is 10.5 Å². The third-order valence-electron chi connectivity index (χ3n) is 3.71. The summed E-state index contributed by atoms with van der Waals surface area (Å²) in [5.41, 5.74) is 7.61. The number of benzene rings is 1. The van der Waals surface area contributed by atoms with Gasteiger partial charge in [0.15, 0.2) is 0 Å². The van der Waals surface area contributed by atoms with E-state index in [1.165, 1.54) is 5.56 Å². The lowest BCUT2D eigenvalue weighted by molar-refractivity contribution is 0.0696. The zero-order chi connectivity index (χ0) is 12.1. The van der Waals surface area contributed by atoms with Gasteiger partial charge in [0.25, 0.3) is 0 Å². The van der Waals surface area contributed by atoms with Crippen molar-refractivity contribution in [2.24, 2.45) is 11.7 Å². The summed E-state index contributed by atoms with van der Waals surface area (Å²) in [6.07, 6.45) is 4.78. The van der Waals surface area contributed by atoms with Crippen molar-refractivity contribution < 1.29 is 4.74 Å². The number of nitrogens with two attached hydrogens (primary N) is 1. The first-order valence-electron chi connectivity index (χ1n) is 6.68. The smallest absolute Gasteiger partial charge is 0.0752 e. The maximum atomic E-state index is 6.21. The lowest BCUT2D eigenvalue weighted by atomic mass is 9.94. The standard InChI is InChI=1S/C15H23NO/c1-12-10-11-17-15(12)14(16)9-5-8-13-6-3-2-4-7-13/h2-4,6-7,12,14-15H,5,8-11,16H2,1H3. The van der Waals surface area contributed by atoms with Crippen molar-refractivity contribution in [1.29, 1.82) is 0 Å². The van der Waals surface area contributed by atoms with Gasteiger partial charge in [-0.05, 0) is 37.2 Å². The molecule has 3 atom stereocenters. The Balaban J connectivity index is 1.71. The SMILES string of the molecule is CC1CCOC1C(N)CCCc1ccccc1. The summed E-state index contributed by atoms with van der Waals surface area (Å²) >= 11 is 0. The normalized spacial score (nSPS) is 26.0. The predicted octanol–water partition coefficient (Wildman–Crippen LogP) is 2.76. The number of rotatable bonds is 5. The van der Waals surface area contributed by atoms with Gasteiger partial charge in [0, 0.05) is 12.6 Å². The second-order valence-electron chi connectivity index (χ2n) is 5.14. The molecule has 2 rings (SSSR count). The predicted molar refractivity (Wildman–Crippen MR) is 70.9 cm³/mol. The second kappa shape index (κ2) is 6.18. The van der Waals surface area contributed by atoms with Crippen LogP contribution >= 0.6 is 0 Å². The third-order valence-corrected chi connectivity index (χ3v) is 3.71. The Morgan fingerprint density at radius 1 is 1.35 bits per heavy atom. The number of hydrogen-bond donors (Lipinski definition) is 1. The Morgan fingerprint density at radius 3 is 2.76 bits per heavy atom. The first-order valence-corrected chi connectivity index (χ1v) is 6.68. The molecule has 1 aromatic carbocycles. The Labute approximate surface area is 104 Å². The highest BCUT2D eigenvalue weighted by Gasteiger charge is 2.29. The fourth-order valence-corrected chi connectivity index (χ4v) is 2.61. The van der Waals surface area contributed by atoms with Gasteiger partial charge in [-0.3, -0.25) is 0 Å². The van der Waals surface area contributed by atoms with Gasteiger partial charge in [-0.2, -0.15) is 0 Å². The van der Waals surface area contributed by atoms with Crippen molar-refractivity contribution in [3.63, 3.8) is 0 Å². The number of ether oxygens (including phenoxy) is 1. The average molecular weight is 233 g/mol. The minimum absolute atomic E-state index is 0.205. The van der Waals surface area contributed by atoms with Crippen LogP contribution in [0.25, 0.3) is 0 Å². The lowest BCUT2D eigenvalue weighted by Crippen LogP contribution is -2.37. The summed E-state index contributed by atoms with van der Waals surface area (Å²) < 4.78 is 5.70. The number of aryl methyl sites for hydroxylation is 1. The van der Waals surface area contributed by atoms with Crippen LogP contribution in [0.4, 0.5) is 0 Å². The molecule has 1 heterocycles. The van der Waals surface area contributed by atoms with Crippen molar-refractivity contribution in [1.82, 2.24) is 0 Å². The molecule has 2 heteroatoms. The van der Waals surface area contributed by atoms with Crippen LogP contribution in [0.2, 0.25) is 0 Å². The van der Waals surface area contributed by atoms with E-state index in [-0.39, 0.29) is 12.1 Å². The molecule has 1 aliphatic rings. The molecule has 17 heavy (non-hydrogen) atoms. The van der Waals surface area contributed by atoms with E-state index in [1.807, 2.05) is 0 Å². The van der Waals surface area contributed by atoms with E-state index in [9.17, 15) is 0 Å². The lowest BCUT2D eigenvalue weighted by Gasteiger charge is -2.22. The molecular formula is C15H23NO. The fraction of sp³-hybridized carbons (Fsp3) is 0.600. The van der Waals surface area contributed by atoms with E-state index in [2.05, 4.69) is 37.3 Å². The zero-order valence-electron chi connectivity index (χ0n) is 10.6. The molecule has 0 bridgehead atoms.